The van der Waals surface area contributed by atoms with E-state index in [-0.39, 0.29) is 16.7 Å². The molecule has 1 amide bonds. The maximum atomic E-state index is 12.8. The molecule has 1 fully saturated rings. The second kappa shape index (κ2) is 8.68. The van der Waals surface area contributed by atoms with Crippen LogP contribution in [0.25, 0.3) is 0 Å². The number of carbonyl (C=O) groups is 1. The Hall–Kier alpha value is -1.48. The molecule has 2 aromatic rings. The summed E-state index contributed by atoms with van der Waals surface area (Å²) in [5, 5.41) is 3.23. The predicted molar refractivity (Wildman–Crippen MR) is 107 cm³/mol. The van der Waals surface area contributed by atoms with Gasteiger partial charge in [0, 0.05) is 34.7 Å². The average Bonchev–Trinajstić information content (AvgIpc) is 2.66. The highest BCUT2D eigenvalue weighted by atomic mass is 79.9. The fourth-order valence-electron chi connectivity index (χ4n) is 3.01. The topological polar surface area (TPSA) is 79.4 Å². The van der Waals surface area contributed by atoms with Gasteiger partial charge in [-0.3, -0.25) is 9.78 Å². The van der Waals surface area contributed by atoms with Crippen LogP contribution in [-0.2, 0) is 21.4 Å². The van der Waals surface area contributed by atoms with E-state index in [1.165, 1.54) is 16.4 Å². The number of halogens is 2. The minimum atomic E-state index is -3.63. The van der Waals surface area contributed by atoms with Crippen LogP contribution in [0.4, 0.5) is 0 Å². The number of hydrogen-bond donors (Lipinski definition) is 1. The van der Waals surface area contributed by atoms with Gasteiger partial charge in [-0.05, 0) is 43.2 Å². The molecule has 1 aliphatic rings. The van der Waals surface area contributed by atoms with Crippen LogP contribution in [-0.4, -0.2) is 36.7 Å². The standard InChI is InChI=1S/C18H19BrClN3O3S/c19-14-9-15(20)11-17(10-14)27(25,26)23-7-4-13(5-8-23)18(24)22-12-16-3-1-2-6-21-16/h1-3,6,9-11,13H,4-5,7-8,12H2,(H,22,24). The number of hydrogen-bond acceptors (Lipinski definition) is 4. The van der Waals surface area contributed by atoms with Crippen molar-refractivity contribution in [3.05, 3.63) is 57.8 Å². The van der Waals surface area contributed by atoms with E-state index < -0.39 is 10.0 Å². The molecule has 3 rings (SSSR count). The zero-order valence-electron chi connectivity index (χ0n) is 14.4. The summed E-state index contributed by atoms with van der Waals surface area (Å²) in [6.45, 7) is 0.969. The largest absolute Gasteiger partial charge is 0.350 e. The number of benzene rings is 1. The van der Waals surface area contributed by atoms with Gasteiger partial charge >= 0.3 is 0 Å². The van der Waals surface area contributed by atoms with Gasteiger partial charge in [-0.2, -0.15) is 4.31 Å². The number of piperidine rings is 1. The maximum Gasteiger partial charge on any atom is 0.243 e. The lowest BCUT2D eigenvalue weighted by Gasteiger charge is -2.30. The minimum Gasteiger partial charge on any atom is -0.350 e. The molecular formula is C18H19BrClN3O3S. The van der Waals surface area contributed by atoms with E-state index in [1.807, 2.05) is 18.2 Å². The zero-order valence-corrected chi connectivity index (χ0v) is 17.6. The summed E-state index contributed by atoms with van der Waals surface area (Å²) in [6.07, 6.45) is 2.64. The van der Waals surface area contributed by atoms with E-state index in [0.717, 1.165) is 5.69 Å². The van der Waals surface area contributed by atoms with E-state index in [2.05, 4.69) is 26.2 Å². The number of amides is 1. The molecule has 1 aromatic carbocycles. The van der Waals surface area contributed by atoms with Crippen LogP contribution < -0.4 is 5.32 Å². The van der Waals surface area contributed by atoms with Crippen molar-refractivity contribution < 1.29 is 13.2 Å². The van der Waals surface area contributed by atoms with Gasteiger partial charge in [0.15, 0.2) is 0 Å². The van der Waals surface area contributed by atoms with Crippen molar-refractivity contribution in [1.29, 1.82) is 0 Å². The summed E-state index contributed by atoms with van der Waals surface area (Å²) >= 11 is 9.24. The van der Waals surface area contributed by atoms with Crippen LogP contribution in [0, 0.1) is 5.92 Å². The number of aromatic nitrogens is 1. The summed E-state index contributed by atoms with van der Waals surface area (Å²) < 4.78 is 27.7. The number of sulfonamides is 1. The van der Waals surface area contributed by atoms with Crippen LogP contribution in [0.1, 0.15) is 18.5 Å². The van der Waals surface area contributed by atoms with Crippen LogP contribution in [0.3, 0.4) is 0 Å². The third kappa shape index (κ3) is 5.07. The van der Waals surface area contributed by atoms with Crippen molar-refractivity contribution in [2.24, 2.45) is 5.92 Å². The molecule has 6 nitrogen and oxygen atoms in total. The first-order valence-electron chi connectivity index (χ1n) is 8.50. The monoisotopic (exact) mass is 471 g/mol. The molecule has 1 aliphatic heterocycles. The minimum absolute atomic E-state index is 0.0665. The summed E-state index contributed by atoms with van der Waals surface area (Å²) in [7, 11) is -3.63. The lowest BCUT2D eigenvalue weighted by molar-refractivity contribution is -0.126. The third-order valence-electron chi connectivity index (χ3n) is 4.47. The van der Waals surface area contributed by atoms with Crippen LogP contribution in [0.15, 0.2) is 52.0 Å². The van der Waals surface area contributed by atoms with Gasteiger partial charge in [-0.15, -0.1) is 0 Å². The summed E-state index contributed by atoms with van der Waals surface area (Å²) in [6, 6.07) is 10.1. The fourth-order valence-corrected chi connectivity index (χ4v) is 5.63. The lowest BCUT2D eigenvalue weighted by Crippen LogP contribution is -2.42. The Morgan fingerprint density at radius 1 is 1.26 bits per heavy atom. The summed E-state index contributed by atoms with van der Waals surface area (Å²) in [5.74, 6) is -0.269. The zero-order chi connectivity index (χ0) is 19.4. The van der Waals surface area contributed by atoms with Gasteiger partial charge in [0.25, 0.3) is 0 Å². The van der Waals surface area contributed by atoms with Crippen molar-refractivity contribution in [1.82, 2.24) is 14.6 Å². The average molecular weight is 473 g/mol. The first kappa shape index (κ1) is 20.3. The Morgan fingerprint density at radius 3 is 2.63 bits per heavy atom. The molecular weight excluding hydrogens is 454 g/mol. The molecule has 9 heteroatoms. The number of nitrogens with zero attached hydrogens (tertiary/aromatic N) is 2. The van der Waals surface area contributed by atoms with Gasteiger partial charge in [0.2, 0.25) is 15.9 Å². The van der Waals surface area contributed by atoms with Crippen LogP contribution in [0.5, 0.6) is 0 Å². The van der Waals surface area contributed by atoms with E-state index in [1.54, 1.807) is 12.3 Å². The van der Waals surface area contributed by atoms with Crippen LogP contribution >= 0.6 is 27.5 Å². The number of rotatable bonds is 5. The van der Waals surface area contributed by atoms with Gasteiger partial charge in [0.1, 0.15) is 0 Å². The molecule has 0 spiro atoms. The van der Waals surface area contributed by atoms with Crippen molar-refractivity contribution in [3.63, 3.8) is 0 Å². The van der Waals surface area contributed by atoms with Crippen LogP contribution in [0.2, 0.25) is 5.02 Å². The number of nitrogens with one attached hydrogen (secondary N) is 1. The Balaban J connectivity index is 1.58. The molecule has 1 saturated heterocycles. The van der Waals surface area contributed by atoms with Gasteiger partial charge in [-0.25, -0.2) is 8.42 Å². The maximum absolute atomic E-state index is 12.8. The molecule has 0 aliphatic carbocycles. The highest BCUT2D eigenvalue weighted by Gasteiger charge is 2.32. The second-order valence-electron chi connectivity index (χ2n) is 6.32. The predicted octanol–water partition coefficient (Wildman–Crippen LogP) is 3.21. The summed E-state index contributed by atoms with van der Waals surface area (Å²) in [5.41, 5.74) is 0.789. The second-order valence-corrected chi connectivity index (χ2v) is 9.61. The highest BCUT2D eigenvalue weighted by Crippen LogP contribution is 2.28. The van der Waals surface area contributed by atoms with Crippen molar-refractivity contribution in [2.75, 3.05) is 13.1 Å². The quantitative estimate of drug-likeness (QED) is 0.725. The molecule has 0 bridgehead atoms. The highest BCUT2D eigenvalue weighted by molar-refractivity contribution is 9.10. The number of carbonyl (C=O) groups excluding carboxylic acids is 1. The summed E-state index contributed by atoms with van der Waals surface area (Å²) in [4.78, 5) is 16.7. The molecule has 1 N–H and O–H groups in total. The normalized spacial score (nSPS) is 16.2. The van der Waals surface area contributed by atoms with Crippen molar-refractivity contribution in [2.45, 2.75) is 24.3 Å². The molecule has 27 heavy (non-hydrogen) atoms. The molecule has 0 unspecified atom stereocenters. The molecule has 2 heterocycles. The van der Waals surface area contributed by atoms with E-state index in [4.69, 9.17) is 11.6 Å². The first-order valence-corrected chi connectivity index (χ1v) is 11.1. The molecule has 144 valence electrons. The SMILES string of the molecule is O=C(NCc1ccccn1)C1CCN(S(=O)(=O)c2cc(Cl)cc(Br)c2)CC1. The Kier molecular flexibility index (Phi) is 6.52. The van der Waals surface area contributed by atoms with Crippen molar-refractivity contribution >= 4 is 43.5 Å². The van der Waals surface area contributed by atoms with E-state index in [0.29, 0.717) is 42.0 Å². The smallest absolute Gasteiger partial charge is 0.243 e. The van der Waals surface area contributed by atoms with E-state index in [9.17, 15) is 13.2 Å². The van der Waals surface area contributed by atoms with E-state index >= 15 is 0 Å². The third-order valence-corrected chi connectivity index (χ3v) is 7.02. The molecule has 0 radical (unpaired) electrons. The van der Waals surface area contributed by atoms with Gasteiger partial charge < -0.3 is 5.32 Å². The van der Waals surface area contributed by atoms with Gasteiger partial charge in [0.05, 0.1) is 17.1 Å². The molecule has 0 atom stereocenters. The first-order chi connectivity index (χ1) is 12.9. The Labute approximate surface area is 172 Å². The fraction of sp³-hybridized carbons (Fsp3) is 0.333. The lowest BCUT2D eigenvalue weighted by atomic mass is 9.97. The molecule has 1 aromatic heterocycles. The Morgan fingerprint density at radius 2 is 2.00 bits per heavy atom. The Bertz CT molecular complexity index is 896. The number of pyridine rings is 1. The molecule has 0 saturated carbocycles. The van der Waals surface area contributed by atoms with Crippen molar-refractivity contribution in [3.8, 4) is 0 Å². The van der Waals surface area contributed by atoms with Gasteiger partial charge in [-0.1, -0.05) is 33.6 Å².